The molecule has 1 aromatic rings. The lowest BCUT2D eigenvalue weighted by molar-refractivity contribution is 0.418. The SMILES string of the molecule is C1=CC2=c3ccc4c(c3C=C3O[C@]32C=C1)C=CC=4. The predicted octanol–water partition coefficient (Wildman–Crippen LogP) is 1.89. The van der Waals surface area contributed by atoms with Crippen LogP contribution in [-0.2, 0) is 4.74 Å². The lowest BCUT2D eigenvalue weighted by atomic mass is 9.84. The first-order valence-electron chi connectivity index (χ1n) is 6.22. The van der Waals surface area contributed by atoms with Gasteiger partial charge in [-0.15, -0.1) is 0 Å². The summed E-state index contributed by atoms with van der Waals surface area (Å²) >= 11 is 0. The zero-order valence-corrected chi connectivity index (χ0v) is 9.68. The summed E-state index contributed by atoms with van der Waals surface area (Å²) in [5, 5.41) is 2.60. The van der Waals surface area contributed by atoms with E-state index in [1.807, 2.05) is 0 Å². The van der Waals surface area contributed by atoms with Gasteiger partial charge in [0.2, 0.25) is 5.60 Å². The van der Waals surface area contributed by atoms with Crippen LogP contribution in [0.3, 0.4) is 0 Å². The number of fused-ring (bicyclic) bond motifs is 3. The van der Waals surface area contributed by atoms with Crippen molar-refractivity contribution in [3.05, 3.63) is 69.8 Å². The average Bonchev–Trinajstić information content (AvgIpc) is 2.87. The van der Waals surface area contributed by atoms with Gasteiger partial charge in [0, 0.05) is 5.57 Å². The molecule has 1 heterocycles. The van der Waals surface area contributed by atoms with Crippen molar-refractivity contribution in [2.45, 2.75) is 5.60 Å². The Labute approximate surface area is 104 Å². The molecule has 5 rings (SSSR count). The Morgan fingerprint density at radius 3 is 2.94 bits per heavy atom. The molecule has 4 aliphatic rings. The molecule has 0 unspecified atom stereocenters. The highest BCUT2D eigenvalue weighted by molar-refractivity contribution is 5.89. The molecule has 18 heavy (non-hydrogen) atoms. The van der Waals surface area contributed by atoms with Gasteiger partial charge in [0.25, 0.3) is 0 Å². The fourth-order valence-corrected chi connectivity index (χ4v) is 3.19. The van der Waals surface area contributed by atoms with Gasteiger partial charge in [0.05, 0.1) is 0 Å². The van der Waals surface area contributed by atoms with Crippen LogP contribution < -0.4 is 10.4 Å². The van der Waals surface area contributed by atoms with Gasteiger partial charge in [-0.1, -0.05) is 48.6 Å². The Morgan fingerprint density at radius 2 is 1.94 bits per heavy atom. The minimum atomic E-state index is -0.234. The molecule has 1 aliphatic heterocycles. The number of epoxide rings is 1. The molecule has 1 saturated heterocycles. The van der Waals surface area contributed by atoms with Crippen LogP contribution in [0, 0.1) is 0 Å². The highest BCUT2D eigenvalue weighted by Gasteiger charge is 2.55. The van der Waals surface area contributed by atoms with Gasteiger partial charge in [-0.3, -0.25) is 0 Å². The Morgan fingerprint density at radius 1 is 0.944 bits per heavy atom. The van der Waals surface area contributed by atoms with Gasteiger partial charge in [0.1, 0.15) is 0 Å². The molecule has 0 bridgehead atoms. The molecular formula is C17H10O. The molecule has 0 aromatic heterocycles. The average molecular weight is 230 g/mol. The number of hydrogen-bond acceptors (Lipinski definition) is 1. The van der Waals surface area contributed by atoms with Gasteiger partial charge in [-0.05, 0) is 33.7 Å². The van der Waals surface area contributed by atoms with Crippen molar-refractivity contribution in [2.24, 2.45) is 0 Å². The maximum Gasteiger partial charge on any atom is 0.209 e. The van der Waals surface area contributed by atoms with E-state index < -0.39 is 0 Å². The minimum Gasteiger partial charge on any atom is -0.470 e. The summed E-state index contributed by atoms with van der Waals surface area (Å²) in [6, 6.07) is 4.41. The summed E-state index contributed by atoms with van der Waals surface area (Å²) in [5.41, 5.74) is 3.66. The van der Waals surface area contributed by atoms with Crippen LogP contribution in [0.5, 0.6) is 0 Å². The van der Waals surface area contributed by atoms with Crippen molar-refractivity contribution in [1.82, 2.24) is 0 Å². The van der Waals surface area contributed by atoms with Crippen molar-refractivity contribution in [3.8, 4) is 0 Å². The van der Waals surface area contributed by atoms with Crippen molar-refractivity contribution in [2.75, 3.05) is 0 Å². The molecule has 1 aromatic carbocycles. The van der Waals surface area contributed by atoms with E-state index in [9.17, 15) is 0 Å². The zero-order valence-electron chi connectivity index (χ0n) is 9.68. The topological polar surface area (TPSA) is 12.5 Å². The fourth-order valence-electron chi connectivity index (χ4n) is 3.19. The van der Waals surface area contributed by atoms with Crippen LogP contribution in [0.15, 0.2) is 48.3 Å². The smallest absolute Gasteiger partial charge is 0.209 e. The van der Waals surface area contributed by atoms with Crippen LogP contribution in [0.2, 0.25) is 0 Å². The van der Waals surface area contributed by atoms with Gasteiger partial charge >= 0.3 is 0 Å². The number of hydrogen-bond donors (Lipinski definition) is 0. The second-order valence-corrected chi connectivity index (χ2v) is 5.03. The van der Waals surface area contributed by atoms with E-state index in [1.54, 1.807) is 0 Å². The van der Waals surface area contributed by atoms with E-state index in [2.05, 4.69) is 60.7 Å². The van der Waals surface area contributed by atoms with E-state index in [4.69, 9.17) is 4.74 Å². The molecule has 1 heteroatoms. The Hall–Kier alpha value is -2.28. The first-order valence-corrected chi connectivity index (χ1v) is 6.22. The maximum atomic E-state index is 5.86. The second kappa shape index (κ2) is 2.59. The first kappa shape index (κ1) is 8.76. The summed E-state index contributed by atoms with van der Waals surface area (Å²) < 4.78 is 5.86. The molecule has 1 spiro atoms. The third-order valence-corrected chi connectivity index (χ3v) is 4.13. The second-order valence-electron chi connectivity index (χ2n) is 5.03. The molecule has 0 radical (unpaired) electrons. The molecule has 0 amide bonds. The Balaban J connectivity index is 2.00. The molecule has 0 N–H and O–H groups in total. The van der Waals surface area contributed by atoms with Crippen LogP contribution >= 0.6 is 0 Å². The summed E-state index contributed by atoms with van der Waals surface area (Å²) in [6.45, 7) is 0. The van der Waals surface area contributed by atoms with E-state index in [0.29, 0.717) is 0 Å². The lowest BCUT2D eigenvalue weighted by Gasteiger charge is -2.15. The molecule has 1 fully saturated rings. The Bertz CT molecular complexity index is 846. The summed E-state index contributed by atoms with van der Waals surface area (Å²) in [5.74, 6) is 1.08. The highest BCUT2D eigenvalue weighted by atomic mass is 16.6. The first-order chi connectivity index (χ1) is 8.88. The molecule has 1 nitrogen and oxygen atoms in total. The number of allylic oxidation sites excluding steroid dienone is 3. The van der Waals surface area contributed by atoms with Gasteiger partial charge in [-0.25, -0.2) is 0 Å². The number of benzene rings is 1. The largest absolute Gasteiger partial charge is 0.470 e. The molecular weight excluding hydrogens is 220 g/mol. The van der Waals surface area contributed by atoms with E-state index in [-0.39, 0.29) is 5.60 Å². The maximum absolute atomic E-state index is 5.86. The van der Waals surface area contributed by atoms with E-state index in [0.717, 1.165) is 5.76 Å². The molecule has 1 atom stereocenters. The van der Waals surface area contributed by atoms with E-state index >= 15 is 0 Å². The molecule has 84 valence electrons. The van der Waals surface area contributed by atoms with Crippen LogP contribution in [0.25, 0.3) is 23.8 Å². The monoisotopic (exact) mass is 230 g/mol. The van der Waals surface area contributed by atoms with Crippen molar-refractivity contribution in [3.63, 3.8) is 0 Å². The fraction of sp³-hybridized carbons (Fsp3) is 0.0588. The third-order valence-electron chi connectivity index (χ3n) is 4.13. The van der Waals surface area contributed by atoms with E-state index in [1.165, 1.54) is 27.1 Å². The summed E-state index contributed by atoms with van der Waals surface area (Å²) in [7, 11) is 0. The summed E-state index contributed by atoms with van der Waals surface area (Å²) in [6.07, 6.45) is 17.1. The number of ether oxygens (including phenoxy) is 1. The minimum absolute atomic E-state index is 0.234. The zero-order chi connectivity index (χ0) is 11.7. The van der Waals surface area contributed by atoms with Crippen LogP contribution in [-0.4, -0.2) is 5.60 Å². The van der Waals surface area contributed by atoms with Crippen molar-refractivity contribution in [1.29, 1.82) is 0 Å². The predicted molar refractivity (Wildman–Crippen MR) is 72.7 cm³/mol. The standard InChI is InChI=1S/C17H10O/c1-2-9-17-15(6-1)13-8-7-11-4-3-5-12(11)14(13)10-16(17)18-17/h1-10H/t17-/m0/s1. The highest BCUT2D eigenvalue weighted by Crippen LogP contribution is 2.53. The third kappa shape index (κ3) is 0.830. The van der Waals surface area contributed by atoms with Gasteiger partial charge in [-0.2, -0.15) is 0 Å². The molecule has 0 saturated carbocycles. The van der Waals surface area contributed by atoms with Crippen LogP contribution in [0.1, 0.15) is 11.1 Å². The quantitative estimate of drug-likeness (QED) is 0.620. The Kier molecular flexibility index (Phi) is 1.26. The van der Waals surface area contributed by atoms with Crippen molar-refractivity contribution >= 4 is 23.8 Å². The normalized spacial score (nSPS) is 27.6. The van der Waals surface area contributed by atoms with Gasteiger partial charge in [0.15, 0.2) is 5.76 Å². The lowest BCUT2D eigenvalue weighted by Crippen LogP contribution is -2.26. The van der Waals surface area contributed by atoms with Crippen molar-refractivity contribution < 1.29 is 4.74 Å². The number of rotatable bonds is 0. The molecule has 3 aliphatic carbocycles. The summed E-state index contributed by atoms with van der Waals surface area (Å²) in [4.78, 5) is 0. The van der Waals surface area contributed by atoms with Gasteiger partial charge < -0.3 is 4.74 Å². The van der Waals surface area contributed by atoms with Crippen LogP contribution in [0.4, 0.5) is 0 Å².